The van der Waals surface area contributed by atoms with Crippen molar-refractivity contribution >= 4 is 0 Å². The molecule has 0 saturated carbocycles. The minimum atomic E-state index is -2.91. The van der Waals surface area contributed by atoms with Crippen molar-refractivity contribution in [2.24, 2.45) is 0 Å². The molecule has 72 valence electrons. The quantitative estimate of drug-likeness (QED) is 0.742. The van der Waals surface area contributed by atoms with E-state index in [-0.39, 0.29) is 0 Å². The first-order valence-electron chi connectivity index (χ1n) is 3.31. The van der Waals surface area contributed by atoms with Crippen LogP contribution in [0.4, 0.5) is 8.78 Å². The molecule has 0 aliphatic heterocycles. The van der Waals surface area contributed by atoms with E-state index >= 15 is 0 Å². The van der Waals surface area contributed by atoms with E-state index in [1.165, 1.54) is 0 Å². The summed E-state index contributed by atoms with van der Waals surface area (Å²) in [7, 11) is 1.14. The number of rotatable bonds is 2. The third-order valence-corrected chi connectivity index (χ3v) is 1.43. The second kappa shape index (κ2) is 3.42. The van der Waals surface area contributed by atoms with Crippen molar-refractivity contribution in [3.8, 4) is 17.2 Å². The van der Waals surface area contributed by atoms with Crippen LogP contribution in [0.3, 0.4) is 0 Å². The fourth-order valence-electron chi connectivity index (χ4n) is 0.849. The standard InChI is InChI=1S/C7H7F2NO3/c1-13-6-3(11)2-10-4(5(6)12)7(8)9/h2,7,11-12H,1H3. The van der Waals surface area contributed by atoms with Gasteiger partial charge in [-0.05, 0) is 0 Å². The SMILES string of the molecule is COc1c(O)cnc(C(F)F)c1O. The third-order valence-electron chi connectivity index (χ3n) is 1.43. The summed E-state index contributed by atoms with van der Waals surface area (Å²) in [6, 6.07) is 0. The van der Waals surface area contributed by atoms with Crippen LogP contribution >= 0.6 is 0 Å². The Morgan fingerprint density at radius 1 is 1.46 bits per heavy atom. The van der Waals surface area contributed by atoms with Crippen LogP contribution < -0.4 is 4.74 Å². The number of alkyl halides is 2. The summed E-state index contributed by atoms with van der Waals surface area (Å²) in [5.74, 6) is -1.72. The van der Waals surface area contributed by atoms with Crippen LogP contribution in [0.25, 0.3) is 0 Å². The molecule has 0 atom stereocenters. The Bertz CT molecular complexity index is 317. The van der Waals surface area contributed by atoms with Crippen LogP contribution in [0.1, 0.15) is 12.1 Å². The molecular weight excluding hydrogens is 184 g/mol. The lowest BCUT2D eigenvalue weighted by atomic mass is 10.3. The van der Waals surface area contributed by atoms with Gasteiger partial charge in [-0.15, -0.1) is 0 Å². The Morgan fingerprint density at radius 2 is 2.08 bits per heavy atom. The highest BCUT2D eigenvalue weighted by atomic mass is 19.3. The maximum absolute atomic E-state index is 12.1. The average Bonchev–Trinajstić information content (AvgIpc) is 2.04. The number of hydrogen-bond donors (Lipinski definition) is 2. The van der Waals surface area contributed by atoms with E-state index in [1.807, 2.05) is 0 Å². The molecule has 0 aliphatic carbocycles. The molecule has 1 aromatic heterocycles. The van der Waals surface area contributed by atoms with Crippen molar-refractivity contribution in [2.75, 3.05) is 7.11 Å². The van der Waals surface area contributed by atoms with Gasteiger partial charge in [-0.3, -0.25) is 0 Å². The lowest BCUT2D eigenvalue weighted by molar-refractivity contribution is 0.140. The highest BCUT2D eigenvalue weighted by Gasteiger charge is 2.20. The average molecular weight is 191 g/mol. The molecular formula is C7H7F2NO3. The molecule has 0 aromatic carbocycles. The van der Waals surface area contributed by atoms with Crippen LogP contribution in [-0.4, -0.2) is 22.3 Å². The molecule has 0 aliphatic rings. The Hall–Kier alpha value is -1.59. The summed E-state index contributed by atoms with van der Waals surface area (Å²) in [6.07, 6.45) is -2.12. The highest BCUT2D eigenvalue weighted by Crippen LogP contribution is 2.39. The number of ether oxygens (including phenoxy) is 1. The Balaban J connectivity index is 3.27. The van der Waals surface area contributed by atoms with E-state index in [4.69, 9.17) is 10.2 Å². The maximum atomic E-state index is 12.1. The van der Waals surface area contributed by atoms with E-state index in [9.17, 15) is 8.78 Å². The summed E-state index contributed by atoms with van der Waals surface area (Å²) in [5, 5.41) is 18.1. The van der Waals surface area contributed by atoms with Crippen LogP contribution in [0.2, 0.25) is 0 Å². The van der Waals surface area contributed by atoms with Crippen LogP contribution in [0.5, 0.6) is 17.2 Å². The first kappa shape index (κ1) is 9.50. The minimum absolute atomic E-state index is 0.398. The molecule has 1 heterocycles. The highest BCUT2D eigenvalue weighted by molar-refractivity contribution is 5.50. The van der Waals surface area contributed by atoms with Gasteiger partial charge in [0.1, 0.15) is 0 Å². The predicted octanol–water partition coefficient (Wildman–Crippen LogP) is 1.44. The normalized spacial score (nSPS) is 10.5. The fourth-order valence-corrected chi connectivity index (χ4v) is 0.849. The van der Waals surface area contributed by atoms with Crippen molar-refractivity contribution < 1.29 is 23.7 Å². The number of aromatic hydroxyl groups is 2. The van der Waals surface area contributed by atoms with Gasteiger partial charge in [0.05, 0.1) is 13.3 Å². The van der Waals surface area contributed by atoms with E-state index in [1.54, 1.807) is 0 Å². The molecule has 0 radical (unpaired) electrons. The first-order valence-corrected chi connectivity index (χ1v) is 3.31. The van der Waals surface area contributed by atoms with Gasteiger partial charge in [-0.1, -0.05) is 0 Å². The summed E-state index contributed by atoms with van der Waals surface area (Å²) in [4.78, 5) is 3.16. The second-order valence-corrected chi connectivity index (χ2v) is 2.21. The van der Waals surface area contributed by atoms with E-state index in [2.05, 4.69) is 9.72 Å². The summed E-state index contributed by atoms with van der Waals surface area (Å²) < 4.78 is 28.7. The van der Waals surface area contributed by atoms with E-state index in [0.29, 0.717) is 0 Å². The third kappa shape index (κ3) is 1.61. The van der Waals surface area contributed by atoms with Gasteiger partial charge in [0.2, 0.25) is 5.75 Å². The first-order chi connectivity index (χ1) is 6.07. The van der Waals surface area contributed by atoms with Crippen molar-refractivity contribution in [1.29, 1.82) is 0 Å². The number of hydrogen-bond acceptors (Lipinski definition) is 4. The van der Waals surface area contributed by atoms with Gasteiger partial charge in [0.25, 0.3) is 6.43 Å². The van der Waals surface area contributed by atoms with E-state index in [0.717, 1.165) is 13.3 Å². The number of nitrogens with zero attached hydrogens (tertiary/aromatic N) is 1. The van der Waals surface area contributed by atoms with Crippen molar-refractivity contribution in [3.05, 3.63) is 11.9 Å². The monoisotopic (exact) mass is 191 g/mol. The van der Waals surface area contributed by atoms with Crippen molar-refractivity contribution in [3.63, 3.8) is 0 Å². The Kier molecular flexibility index (Phi) is 2.50. The Labute approximate surface area is 72.4 Å². The predicted molar refractivity (Wildman–Crippen MR) is 39.1 cm³/mol. The molecule has 0 fully saturated rings. The van der Waals surface area contributed by atoms with Crippen LogP contribution in [0, 0.1) is 0 Å². The summed E-state index contributed by atoms with van der Waals surface area (Å²) in [6.45, 7) is 0. The topological polar surface area (TPSA) is 62.6 Å². The Morgan fingerprint density at radius 3 is 2.54 bits per heavy atom. The van der Waals surface area contributed by atoms with Gasteiger partial charge < -0.3 is 14.9 Å². The van der Waals surface area contributed by atoms with E-state index < -0.39 is 29.4 Å². The number of pyridine rings is 1. The molecule has 6 heteroatoms. The van der Waals surface area contributed by atoms with Crippen molar-refractivity contribution in [2.45, 2.75) is 6.43 Å². The zero-order chi connectivity index (χ0) is 10.0. The number of methoxy groups -OCH3 is 1. The van der Waals surface area contributed by atoms with Crippen LogP contribution in [0.15, 0.2) is 6.20 Å². The summed E-state index contributed by atoms with van der Waals surface area (Å²) in [5.41, 5.74) is -0.811. The molecule has 0 unspecified atom stereocenters. The molecule has 4 nitrogen and oxygen atoms in total. The molecule has 0 spiro atoms. The lowest BCUT2D eigenvalue weighted by Crippen LogP contribution is -1.94. The summed E-state index contributed by atoms with van der Waals surface area (Å²) >= 11 is 0. The zero-order valence-corrected chi connectivity index (χ0v) is 6.66. The second-order valence-electron chi connectivity index (χ2n) is 2.21. The van der Waals surface area contributed by atoms with Gasteiger partial charge >= 0.3 is 0 Å². The fraction of sp³-hybridized carbons (Fsp3) is 0.286. The maximum Gasteiger partial charge on any atom is 0.284 e. The molecule has 0 bridgehead atoms. The number of halogens is 2. The minimum Gasteiger partial charge on any atom is -0.503 e. The molecule has 0 saturated heterocycles. The molecule has 1 rings (SSSR count). The number of aromatic nitrogens is 1. The molecule has 2 N–H and O–H groups in total. The van der Waals surface area contributed by atoms with Crippen molar-refractivity contribution in [1.82, 2.24) is 4.98 Å². The van der Waals surface area contributed by atoms with Gasteiger partial charge in [-0.25, -0.2) is 13.8 Å². The van der Waals surface area contributed by atoms with Crippen LogP contribution in [-0.2, 0) is 0 Å². The molecule has 13 heavy (non-hydrogen) atoms. The lowest BCUT2D eigenvalue weighted by Gasteiger charge is -2.08. The molecule has 1 aromatic rings. The smallest absolute Gasteiger partial charge is 0.284 e. The molecule has 0 amide bonds. The van der Waals surface area contributed by atoms with Gasteiger partial charge in [0, 0.05) is 0 Å². The zero-order valence-electron chi connectivity index (χ0n) is 6.66. The van der Waals surface area contributed by atoms with Gasteiger partial charge in [-0.2, -0.15) is 0 Å². The largest absolute Gasteiger partial charge is 0.503 e. The van der Waals surface area contributed by atoms with Gasteiger partial charge in [0.15, 0.2) is 17.2 Å².